The molecule has 1 saturated heterocycles. The smallest absolute Gasteiger partial charge is 0.244 e. The fourth-order valence-corrected chi connectivity index (χ4v) is 3.11. The number of nitrogens with zero attached hydrogens (tertiary/aromatic N) is 4. The maximum atomic E-state index is 12.7. The number of rotatable bonds is 4. The summed E-state index contributed by atoms with van der Waals surface area (Å²) in [5.41, 5.74) is 2.08. The van der Waals surface area contributed by atoms with Crippen molar-refractivity contribution in [3.63, 3.8) is 0 Å². The van der Waals surface area contributed by atoms with E-state index in [1.807, 2.05) is 31.3 Å². The van der Waals surface area contributed by atoms with E-state index in [1.54, 1.807) is 17.1 Å². The van der Waals surface area contributed by atoms with E-state index in [0.29, 0.717) is 5.92 Å². The minimum atomic E-state index is -0.322. The molecule has 0 radical (unpaired) electrons. The van der Waals surface area contributed by atoms with Gasteiger partial charge >= 0.3 is 0 Å². The van der Waals surface area contributed by atoms with Gasteiger partial charge in [-0.2, -0.15) is 10.2 Å². The Morgan fingerprint density at radius 3 is 2.77 bits per heavy atom. The van der Waals surface area contributed by atoms with Crippen LogP contribution in [0, 0.1) is 0 Å². The van der Waals surface area contributed by atoms with Crippen molar-refractivity contribution in [3.8, 4) is 0 Å². The van der Waals surface area contributed by atoms with Crippen molar-refractivity contribution in [2.45, 2.75) is 24.8 Å². The van der Waals surface area contributed by atoms with Crippen molar-refractivity contribution in [3.05, 3.63) is 35.9 Å². The molecule has 0 spiro atoms. The van der Waals surface area contributed by atoms with Crippen molar-refractivity contribution in [1.29, 1.82) is 0 Å². The summed E-state index contributed by atoms with van der Waals surface area (Å²) < 4.78 is 1.72. The monoisotopic (exact) mass is 302 g/mol. The van der Waals surface area contributed by atoms with Gasteiger partial charge in [0.15, 0.2) is 0 Å². The average Bonchev–Trinajstić information content (AvgIpc) is 3.20. The van der Waals surface area contributed by atoms with Crippen LogP contribution in [0.1, 0.15) is 36.1 Å². The molecule has 3 heterocycles. The topological polar surface area (TPSA) is 78.8 Å². The molecule has 3 rings (SSSR count). The lowest BCUT2D eigenvalue weighted by atomic mass is 9.93. The SMILES string of the molecule is CNC(C(=O)N1CCC(c2ccn[nH]2)CC1)c1cnn(C)c1. The lowest BCUT2D eigenvalue weighted by Gasteiger charge is -2.33. The van der Waals surface area contributed by atoms with E-state index >= 15 is 0 Å². The third-order valence-corrected chi connectivity index (χ3v) is 4.36. The number of likely N-dealkylation sites (tertiary alicyclic amines) is 1. The summed E-state index contributed by atoms with van der Waals surface area (Å²) in [5, 5.41) is 14.3. The van der Waals surface area contributed by atoms with Crippen LogP contribution in [-0.2, 0) is 11.8 Å². The molecule has 2 aromatic rings. The normalized spacial score (nSPS) is 17.6. The molecule has 118 valence electrons. The first-order valence-corrected chi connectivity index (χ1v) is 7.63. The molecule has 22 heavy (non-hydrogen) atoms. The Morgan fingerprint density at radius 2 is 2.23 bits per heavy atom. The van der Waals surface area contributed by atoms with Crippen LogP contribution in [0.5, 0.6) is 0 Å². The second-order valence-electron chi connectivity index (χ2n) is 5.78. The number of aryl methyl sites for hydroxylation is 1. The van der Waals surface area contributed by atoms with Gasteiger partial charge in [-0.1, -0.05) is 0 Å². The van der Waals surface area contributed by atoms with Gasteiger partial charge in [0.2, 0.25) is 5.91 Å². The zero-order valence-corrected chi connectivity index (χ0v) is 13.0. The van der Waals surface area contributed by atoms with Gasteiger partial charge in [-0.25, -0.2) is 0 Å². The van der Waals surface area contributed by atoms with Crippen LogP contribution in [0.3, 0.4) is 0 Å². The summed E-state index contributed by atoms with van der Waals surface area (Å²) in [7, 11) is 3.67. The zero-order valence-electron chi connectivity index (χ0n) is 13.0. The van der Waals surface area contributed by atoms with Gasteiger partial charge in [-0.3, -0.25) is 14.6 Å². The molecule has 1 aliphatic rings. The molecule has 2 N–H and O–H groups in total. The van der Waals surface area contributed by atoms with E-state index in [0.717, 1.165) is 31.5 Å². The van der Waals surface area contributed by atoms with Crippen LogP contribution in [0.2, 0.25) is 0 Å². The van der Waals surface area contributed by atoms with Crippen LogP contribution >= 0.6 is 0 Å². The second kappa shape index (κ2) is 6.31. The van der Waals surface area contributed by atoms with Crippen LogP contribution in [0.4, 0.5) is 0 Å². The second-order valence-corrected chi connectivity index (χ2v) is 5.78. The van der Waals surface area contributed by atoms with Crippen molar-refractivity contribution in [1.82, 2.24) is 30.2 Å². The predicted molar refractivity (Wildman–Crippen MR) is 82.2 cm³/mol. The Morgan fingerprint density at radius 1 is 1.45 bits per heavy atom. The molecule has 1 fully saturated rings. The Labute approximate surface area is 129 Å². The maximum Gasteiger partial charge on any atom is 0.244 e. The molecule has 0 aromatic carbocycles. The standard InChI is InChI=1S/C15H22N6O/c1-16-14(12-9-18-20(2)10-12)15(22)21-7-4-11(5-8-21)13-3-6-17-19-13/h3,6,9-11,14,16H,4-5,7-8H2,1-2H3,(H,17,19). The number of H-pyrrole nitrogens is 1. The predicted octanol–water partition coefficient (Wildman–Crippen LogP) is 0.810. The Bertz CT molecular complexity index is 612. The van der Waals surface area contributed by atoms with Crippen molar-refractivity contribution in [2.24, 2.45) is 7.05 Å². The van der Waals surface area contributed by atoms with Crippen molar-refractivity contribution in [2.75, 3.05) is 20.1 Å². The highest BCUT2D eigenvalue weighted by Crippen LogP contribution is 2.27. The van der Waals surface area contributed by atoms with Gasteiger partial charge in [0.25, 0.3) is 0 Å². The number of carbonyl (C=O) groups excluding carboxylic acids is 1. The largest absolute Gasteiger partial charge is 0.341 e. The number of likely N-dealkylation sites (N-methyl/N-ethyl adjacent to an activating group) is 1. The quantitative estimate of drug-likeness (QED) is 0.876. The lowest BCUT2D eigenvalue weighted by Crippen LogP contribution is -2.43. The highest BCUT2D eigenvalue weighted by atomic mass is 16.2. The highest BCUT2D eigenvalue weighted by molar-refractivity contribution is 5.83. The highest BCUT2D eigenvalue weighted by Gasteiger charge is 2.29. The van der Waals surface area contributed by atoms with E-state index in [-0.39, 0.29) is 11.9 Å². The number of hydrogen-bond donors (Lipinski definition) is 2. The molecule has 0 bridgehead atoms. The first kappa shape index (κ1) is 14.8. The van der Waals surface area contributed by atoms with Crippen molar-refractivity contribution >= 4 is 5.91 Å². The number of nitrogens with one attached hydrogen (secondary N) is 2. The van der Waals surface area contributed by atoms with Crippen LogP contribution in [-0.4, -0.2) is 50.9 Å². The Kier molecular flexibility index (Phi) is 4.24. The third-order valence-electron chi connectivity index (χ3n) is 4.36. The van der Waals surface area contributed by atoms with E-state index in [9.17, 15) is 4.79 Å². The van der Waals surface area contributed by atoms with Gasteiger partial charge < -0.3 is 10.2 Å². The van der Waals surface area contributed by atoms with Crippen LogP contribution < -0.4 is 5.32 Å². The molecule has 1 amide bonds. The van der Waals surface area contributed by atoms with Gasteiger partial charge in [-0.15, -0.1) is 0 Å². The molecular weight excluding hydrogens is 280 g/mol. The molecule has 7 nitrogen and oxygen atoms in total. The molecule has 1 atom stereocenters. The van der Waals surface area contributed by atoms with Crippen LogP contribution in [0.15, 0.2) is 24.7 Å². The minimum Gasteiger partial charge on any atom is -0.341 e. The van der Waals surface area contributed by atoms with Crippen LogP contribution in [0.25, 0.3) is 0 Å². The molecule has 1 aliphatic heterocycles. The number of carbonyl (C=O) groups is 1. The Hall–Kier alpha value is -2.15. The van der Waals surface area contributed by atoms with Gasteiger partial charge in [0, 0.05) is 49.7 Å². The van der Waals surface area contributed by atoms with Crippen molar-refractivity contribution < 1.29 is 4.79 Å². The molecule has 2 aromatic heterocycles. The zero-order chi connectivity index (χ0) is 15.5. The van der Waals surface area contributed by atoms with E-state index in [1.165, 1.54) is 5.69 Å². The molecule has 0 aliphatic carbocycles. The van der Waals surface area contributed by atoms with E-state index in [4.69, 9.17) is 0 Å². The summed E-state index contributed by atoms with van der Waals surface area (Å²) in [4.78, 5) is 14.7. The summed E-state index contributed by atoms with van der Waals surface area (Å²) in [5.74, 6) is 0.594. The fourth-order valence-electron chi connectivity index (χ4n) is 3.11. The number of hydrogen-bond acceptors (Lipinski definition) is 4. The summed E-state index contributed by atoms with van der Waals surface area (Å²) in [6.07, 6.45) is 7.36. The van der Waals surface area contributed by atoms with E-state index in [2.05, 4.69) is 20.6 Å². The Balaban J connectivity index is 1.63. The number of amides is 1. The molecular formula is C15H22N6O. The summed E-state index contributed by atoms with van der Waals surface area (Å²) in [6.45, 7) is 1.56. The molecule has 7 heteroatoms. The summed E-state index contributed by atoms with van der Waals surface area (Å²) >= 11 is 0. The maximum absolute atomic E-state index is 12.7. The fraction of sp³-hybridized carbons (Fsp3) is 0.533. The first-order valence-electron chi connectivity index (χ1n) is 7.63. The third kappa shape index (κ3) is 2.89. The lowest BCUT2D eigenvalue weighted by molar-refractivity contribution is -0.134. The number of aromatic nitrogens is 4. The number of piperidine rings is 1. The first-order chi connectivity index (χ1) is 10.7. The average molecular weight is 302 g/mol. The summed E-state index contributed by atoms with van der Waals surface area (Å²) in [6, 6.07) is 1.70. The molecule has 1 unspecified atom stereocenters. The van der Waals surface area contributed by atoms with Gasteiger partial charge in [0.05, 0.1) is 6.20 Å². The van der Waals surface area contributed by atoms with Gasteiger partial charge in [0.1, 0.15) is 6.04 Å². The van der Waals surface area contributed by atoms with E-state index < -0.39 is 0 Å². The van der Waals surface area contributed by atoms with Gasteiger partial charge in [-0.05, 0) is 26.0 Å². The number of aromatic amines is 1. The minimum absolute atomic E-state index is 0.124. The molecule has 0 saturated carbocycles.